The molecule has 0 aromatic rings. The number of hydrogen-bond donors (Lipinski definition) is 0. The molecule has 0 unspecified atom stereocenters. The molecule has 0 N–H and O–H groups in total. The summed E-state index contributed by atoms with van der Waals surface area (Å²) >= 11 is 0. The maximum absolute atomic E-state index is 12.2. The lowest BCUT2D eigenvalue weighted by Gasteiger charge is -2.59. The molecule has 2 aliphatic carbocycles. The summed E-state index contributed by atoms with van der Waals surface area (Å²) in [6, 6.07) is 0. The molecule has 2 bridgehead atoms. The zero-order valence-corrected chi connectivity index (χ0v) is 20.1. The van der Waals surface area contributed by atoms with Crippen LogP contribution in [0.2, 0.25) is 0 Å². The number of esters is 4. The number of ether oxygens (including phenoxy) is 7. The van der Waals surface area contributed by atoms with Crippen molar-refractivity contribution in [2.75, 3.05) is 13.2 Å². The van der Waals surface area contributed by atoms with Gasteiger partial charge in [-0.25, -0.2) is 0 Å². The molecule has 0 amide bonds. The lowest BCUT2D eigenvalue weighted by Crippen LogP contribution is -2.71. The van der Waals surface area contributed by atoms with Crippen molar-refractivity contribution in [1.29, 1.82) is 0 Å². The Morgan fingerprint density at radius 2 is 1.47 bits per heavy atom. The highest BCUT2D eigenvalue weighted by atomic mass is 16.7. The average molecular weight is 482 g/mol. The van der Waals surface area contributed by atoms with E-state index in [-0.39, 0.29) is 19.6 Å². The predicted molar refractivity (Wildman–Crippen MR) is 109 cm³/mol. The van der Waals surface area contributed by atoms with E-state index in [1.807, 2.05) is 13.8 Å². The van der Waals surface area contributed by atoms with Crippen LogP contribution in [-0.2, 0) is 52.3 Å². The zero-order chi connectivity index (χ0) is 24.8. The molecule has 3 saturated heterocycles. The Hall–Kier alpha value is -2.24. The van der Waals surface area contributed by atoms with Gasteiger partial charge in [0.15, 0.2) is 12.2 Å². The Kier molecular flexibility index (Phi) is 4.94. The zero-order valence-electron chi connectivity index (χ0n) is 20.1. The van der Waals surface area contributed by atoms with Gasteiger partial charge in [-0.05, 0) is 13.3 Å². The Labute approximate surface area is 196 Å². The van der Waals surface area contributed by atoms with Crippen LogP contribution in [0.5, 0.6) is 0 Å². The lowest BCUT2D eigenvalue weighted by molar-refractivity contribution is -0.262. The lowest BCUT2D eigenvalue weighted by atomic mass is 9.49. The molecular formula is C23H30O11. The molecule has 0 radical (unpaired) electrons. The molecule has 3 heterocycles. The molecule has 5 aliphatic rings. The monoisotopic (exact) mass is 482 g/mol. The molecular weight excluding hydrogens is 452 g/mol. The maximum Gasteiger partial charge on any atom is 0.303 e. The number of carbonyl (C=O) groups excluding carboxylic acids is 4. The van der Waals surface area contributed by atoms with E-state index >= 15 is 0 Å². The second-order valence-corrected chi connectivity index (χ2v) is 10.4. The van der Waals surface area contributed by atoms with E-state index in [0.29, 0.717) is 0 Å². The first-order valence-electron chi connectivity index (χ1n) is 11.4. The molecule has 0 aromatic carbocycles. The molecule has 10 atom stereocenters. The van der Waals surface area contributed by atoms with Crippen molar-refractivity contribution in [2.24, 2.45) is 10.8 Å². The van der Waals surface area contributed by atoms with Gasteiger partial charge in [0, 0.05) is 33.1 Å². The van der Waals surface area contributed by atoms with Gasteiger partial charge in [0.05, 0.1) is 18.1 Å². The Bertz CT molecular complexity index is 959. The van der Waals surface area contributed by atoms with E-state index < -0.39 is 82.5 Å². The smallest absolute Gasteiger partial charge is 0.303 e. The van der Waals surface area contributed by atoms with E-state index in [2.05, 4.69) is 0 Å². The second kappa shape index (κ2) is 7.14. The molecule has 1 spiro atoms. The predicted octanol–water partition coefficient (Wildman–Crippen LogP) is 0.449. The third-order valence-electron chi connectivity index (χ3n) is 8.62. The fraction of sp³-hybridized carbons (Fsp3) is 0.826. The SMILES string of the molecule is CC(=O)OC[C@]12C[C@H](OC(C)=O)[C@@]3(C)O[C@H]3[C@H]1O[C@@H]1[C@H](OC(C)=O)[C@@H](OC(C)=O)[C@@]2(C)[C@]12CO2. The van der Waals surface area contributed by atoms with E-state index in [0.717, 1.165) is 0 Å². The first kappa shape index (κ1) is 23.5. The molecule has 11 heteroatoms. The molecule has 34 heavy (non-hydrogen) atoms. The van der Waals surface area contributed by atoms with Crippen LogP contribution in [-0.4, -0.2) is 84.9 Å². The highest BCUT2D eigenvalue weighted by Crippen LogP contribution is 2.75. The maximum atomic E-state index is 12.2. The quantitative estimate of drug-likeness (QED) is 0.306. The van der Waals surface area contributed by atoms with Gasteiger partial charge in [-0.15, -0.1) is 0 Å². The van der Waals surface area contributed by atoms with Crippen LogP contribution in [0.3, 0.4) is 0 Å². The number of hydrogen-bond acceptors (Lipinski definition) is 11. The standard InChI is InChI=1S/C23H30O11/c1-10(24)28-8-22-7-14(30-11(2)25)20(5)18(34-20)19(22)33-17-15(31-12(3)26)16(32-13(4)27)21(22,6)23(17)9-29-23/h14-19H,7-9H2,1-6H3/t14-,15+,16+,17+,18-,19+,20+,21+,22+,23-/m0/s1. The topological polar surface area (TPSA) is 139 Å². The minimum Gasteiger partial charge on any atom is -0.465 e. The Morgan fingerprint density at radius 3 is 2.00 bits per heavy atom. The summed E-state index contributed by atoms with van der Waals surface area (Å²) in [5.41, 5.74) is -3.80. The normalized spacial score (nSPS) is 49.4. The van der Waals surface area contributed by atoms with Crippen molar-refractivity contribution in [3.63, 3.8) is 0 Å². The van der Waals surface area contributed by atoms with Crippen LogP contribution in [0, 0.1) is 10.8 Å². The van der Waals surface area contributed by atoms with Crippen molar-refractivity contribution in [1.82, 2.24) is 0 Å². The minimum absolute atomic E-state index is 0.112. The van der Waals surface area contributed by atoms with Gasteiger partial charge in [0.25, 0.3) is 0 Å². The first-order valence-corrected chi connectivity index (χ1v) is 11.4. The van der Waals surface area contributed by atoms with E-state index in [1.165, 1.54) is 27.7 Å². The van der Waals surface area contributed by atoms with Crippen molar-refractivity contribution in [3.8, 4) is 0 Å². The molecule has 188 valence electrons. The van der Waals surface area contributed by atoms with Gasteiger partial charge < -0.3 is 33.2 Å². The number of carbonyl (C=O) groups is 4. The van der Waals surface area contributed by atoms with E-state index in [1.54, 1.807) is 0 Å². The van der Waals surface area contributed by atoms with E-state index in [4.69, 9.17) is 33.2 Å². The fourth-order valence-corrected chi connectivity index (χ4v) is 6.95. The van der Waals surface area contributed by atoms with Gasteiger partial charge in [-0.1, -0.05) is 6.92 Å². The highest BCUT2D eigenvalue weighted by Gasteiger charge is 2.90. The van der Waals surface area contributed by atoms with Crippen LogP contribution >= 0.6 is 0 Å². The molecule has 3 aliphatic heterocycles. The largest absolute Gasteiger partial charge is 0.465 e. The van der Waals surface area contributed by atoms with Crippen molar-refractivity contribution in [3.05, 3.63) is 0 Å². The van der Waals surface area contributed by atoms with Crippen LogP contribution in [0.15, 0.2) is 0 Å². The molecule has 0 aromatic heterocycles. The minimum atomic E-state index is -1.04. The van der Waals surface area contributed by atoms with Crippen LogP contribution in [0.25, 0.3) is 0 Å². The average Bonchev–Trinajstić information content (AvgIpc) is 3.62. The molecule has 5 rings (SSSR count). The van der Waals surface area contributed by atoms with Gasteiger partial charge in [-0.3, -0.25) is 19.2 Å². The van der Waals surface area contributed by atoms with E-state index in [9.17, 15) is 19.2 Å². The summed E-state index contributed by atoms with van der Waals surface area (Å²) in [6.07, 6.45) is -4.18. The second-order valence-electron chi connectivity index (χ2n) is 10.4. The summed E-state index contributed by atoms with van der Waals surface area (Å²) < 4.78 is 41.5. The Morgan fingerprint density at radius 1 is 0.853 bits per heavy atom. The summed E-state index contributed by atoms with van der Waals surface area (Å²) in [7, 11) is 0. The fourth-order valence-electron chi connectivity index (χ4n) is 6.95. The van der Waals surface area contributed by atoms with Gasteiger partial charge in [0.2, 0.25) is 0 Å². The third kappa shape index (κ3) is 2.86. The molecule has 11 nitrogen and oxygen atoms in total. The Balaban J connectivity index is 1.68. The van der Waals surface area contributed by atoms with Crippen LogP contribution in [0.1, 0.15) is 48.0 Å². The van der Waals surface area contributed by atoms with Gasteiger partial charge in [-0.2, -0.15) is 0 Å². The van der Waals surface area contributed by atoms with Crippen molar-refractivity contribution < 1.29 is 52.3 Å². The molecule has 2 saturated carbocycles. The van der Waals surface area contributed by atoms with Gasteiger partial charge >= 0.3 is 23.9 Å². The third-order valence-corrected chi connectivity index (χ3v) is 8.62. The molecule has 5 fully saturated rings. The first-order chi connectivity index (χ1) is 15.8. The van der Waals surface area contributed by atoms with Crippen LogP contribution < -0.4 is 0 Å². The van der Waals surface area contributed by atoms with Crippen molar-refractivity contribution in [2.45, 2.75) is 95.8 Å². The van der Waals surface area contributed by atoms with Crippen LogP contribution in [0.4, 0.5) is 0 Å². The summed E-state index contributed by atoms with van der Waals surface area (Å²) in [5.74, 6) is -2.09. The number of fused-ring (bicyclic) bond motifs is 4. The van der Waals surface area contributed by atoms with Crippen molar-refractivity contribution >= 4 is 23.9 Å². The summed E-state index contributed by atoms with van der Waals surface area (Å²) in [6.45, 7) is 9.07. The number of epoxide rings is 2. The summed E-state index contributed by atoms with van der Waals surface area (Å²) in [5, 5.41) is 0. The highest BCUT2D eigenvalue weighted by molar-refractivity contribution is 5.69. The van der Waals surface area contributed by atoms with Gasteiger partial charge in [0.1, 0.15) is 36.1 Å². The number of rotatable bonds is 5. The summed E-state index contributed by atoms with van der Waals surface area (Å²) in [4.78, 5) is 48.2.